The van der Waals surface area contributed by atoms with Crippen molar-refractivity contribution in [1.82, 2.24) is 15.2 Å². The molecule has 1 aliphatic rings. The maximum atomic E-state index is 12.8. The fraction of sp³-hybridized carbons (Fsp3) is 0.222. The summed E-state index contributed by atoms with van der Waals surface area (Å²) >= 11 is 1.45. The van der Waals surface area contributed by atoms with Gasteiger partial charge in [-0.25, -0.2) is 9.78 Å². The maximum Gasteiger partial charge on any atom is 0.349 e. The maximum absolute atomic E-state index is 12.8. The van der Waals surface area contributed by atoms with Gasteiger partial charge in [-0.05, 0) is 29.0 Å². The second kappa shape index (κ2) is 11.0. The van der Waals surface area contributed by atoms with Gasteiger partial charge in [-0.1, -0.05) is 41.7 Å². The molecular weight excluding hydrogens is 542 g/mol. The predicted octanol–water partition coefficient (Wildman–Crippen LogP) is 4.44. The number of carbonyl (C=O) groups excluding carboxylic acids is 1. The van der Waals surface area contributed by atoms with Gasteiger partial charge in [0.05, 0.1) is 15.1 Å². The van der Waals surface area contributed by atoms with E-state index in [0.717, 1.165) is 57.7 Å². The smallest absolute Gasteiger partial charge is 0.349 e. The molecule has 39 heavy (non-hydrogen) atoms. The molecule has 5 aromatic rings. The number of aromatic nitrogens is 1. The van der Waals surface area contributed by atoms with Gasteiger partial charge < -0.3 is 14.6 Å². The molecule has 1 N–H and O–H groups in total. The number of fused-ring (bicyclic) bond motifs is 4. The van der Waals surface area contributed by atoms with Crippen LogP contribution in [-0.2, 0) is 0 Å². The minimum Gasteiger partial charge on any atom is -0.422 e. The third-order valence-electron chi connectivity index (χ3n) is 6.81. The largest absolute Gasteiger partial charge is 0.422 e. The summed E-state index contributed by atoms with van der Waals surface area (Å²) in [5, 5.41) is 17.4. The van der Waals surface area contributed by atoms with E-state index in [4.69, 9.17) is 4.42 Å². The SMILES string of the molecule is Cl.O=C(NCCN1CCN(c2nc3ccc([N+](=O)[O-])cc3s2)CC1)c1cc2c(ccc3ccccc32)oc1=O. The van der Waals surface area contributed by atoms with E-state index in [-0.39, 0.29) is 23.7 Å². The number of piperazine rings is 1. The van der Waals surface area contributed by atoms with E-state index in [1.165, 1.54) is 17.4 Å². The molecule has 0 unspecified atom stereocenters. The molecule has 6 rings (SSSR count). The lowest BCUT2D eigenvalue weighted by molar-refractivity contribution is -0.384. The summed E-state index contributed by atoms with van der Waals surface area (Å²) in [4.78, 5) is 45.0. The molecule has 2 aromatic heterocycles. The summed E-state index contributed by atoms with van der Waals surface area (Å²) in [6.07, 6.45) is 0. The van der Waals surface area contributed by atoms with Crippen molar-refractivity contribution >= 4 is 72.4 Å². The van der Waals surface area contributed by atoms with Gasteiger partial charge in [-0.15, -0.1) is 12.4 Å². The number of thiazole rings is 1. The Morgan fingerprint density at radius 2 is 1.85 bits per heavy atom. The molecule has 3 heterocycles. The van der Waals surface area contributed by atoms with Crippen LogP contribution < -0.4 is 15.8 Å². The van der Waals surface area contributed by atoms with Gasteiger partial charge in [0.15, 0.2) is 5.13 Å². The van der Waals surface area contributed by atoms with E-state index < -0.39 is 16.5 Å². The Hall–Kier alpha value is -4.06. The van der Waals surface area contributed by atoms with Crippen LogP contribution in [0.4, 0.5) is 10.8 Å². The van der Waals surface area contributed by atoms with Gasteiger partial charge in [0, 0.05) is 56.8 Å². The highest BCUT2D eigenvalue weighted by atomic mass is 35.5. The van der Waals surface area contributed by atoms with Crippen molar-refractivity contribution in [2.45, 2.75) is 0 Å². The second-order valence-electron chi connectivity index (χ2n) is 9.14. The monoisotopic (exact) mass is 565 g/mol. The highest BCUT2D eigenvalue weighted by Crippen LogP contribution is 2.32. The molecule has 1 amide bonds. The number of benzene rings is 3. The zero-order valence-corrected chi connectivity index (χ0v) is 22.3. The van der Waals surface area contributed by atoms with E-state index in [9.17, 15) is 19.7 Å². The first-order valence-corrected chi connectivity index (χ1v) is 13.0. The second-order valence-corrected chi connectivity index (χ2v) is 10.1. The number of hydrogen-bond acceptors (Lipinski definition) is 9. The van der Waals surface area contributed by atoms with Gasteiger partial charge in [0.25, 0.3) is 11.6 Å². The molecule has 0 saturated carbocycles. The van der Waals surface area contributed by atoms with Gasteiger partial charge in [-0.3, -0.25) is 19.8 Å². The zero-order chi connectivity index (χ0) is 26.2. The Labute approximate surface area is 232 Å². The normalized spacial score (nSPS) is 14.0. The van der Waals surface area contributed by atoms with E-state index in [2.05, 4.69) is 20.1 Å². The number of nitrogens with one attached hydrogen (secondary N) is 1. The van der Waals surface area contributed by atoms with Gasteiger partial charge >= 0.3 is 5.63 Å². The van der Waals surface area contributed by atoms with Crippen LogP contribution in [0.1, 0.15) is 10.4 Å². The van der Waals surface area contributed by atoms with Crippen molar-refractivity contribution < 1.29 is 14.1 Å². The van der Waals surface area contributed by atoms with Gasteiger partial charge in [-0.2, -0.15) is 0 Å². The van der Waals surface area contributed by atoms with Crippen molar-refractivity contribution in [3.8, 4) is 0 Å². The average molecular weight is 566 g/mol. The number of nitro benzene ring substituents is 1. The molecular formula is C27H24ClN5O5S. The summed E-state index contributed by atoms with van der Waals surface area (Å²) in [5.41, 5.74) is 0.616. The van der Waals surface area contributed by atoms with E-state index in [1.807, 2.05) is 30.3 Å². The summed E-state index contributed by atoms with van der Waals surface area (Å²) in [7, 11) is 0. The Morgan fingerprint density at radius 3 is 2.64 bits per heavy atom. The standard InChI is InChI=1S/C27H23N5O5S.ClH/c33-25(21-16-20-19-4-2-1-3-17(19)5-8-23(20)37-26(21)34)28-9-10-30-11-13-31(14-12-30)27-29-22-7-6-18(32(35)36)15-24(22)38-27;/h1-8,15-16H,9-14H2,(H,28,33);1H. The summed E-state index contributed by atoms with van der Waals surface area (Å²) < 4.78 is 6.24. The number of rotatable bonds is 6. The van der Waals surface area contributed by atoms with Crippen molar-refractivity contribution in [3.63, 3.8) is 0 Å². The lowest BCUT2D eigenvalue weighted by Crippen LogP contribution is -2.48. The summed E-state index contributed by atoms with van der Waals surface area (Å²) in [6, 6.07) is 17.7. The first kappa shape index (κ1) is 26.5. The Balaban J connectivity index is 0.00000308. The minimum atomic E-state index is -0.653. The highest BCUT2D eigenvalue weighted by Gasteiger charge is 2.21. The average Bonchev–Trinajstić information content (AvgIpc) is 3.36. The number of carbonyl (C=O) groups is 1. The van der Waals surface area contributed by atoms with Crippen LogP contribution >= 0.6 is 23.7 Å². The molecule has 12 heteroatoms. The molecule has 0 spiro atoms. The highest BCUT2D eigenvalue weighted by molar-refractivity contribution is 7.22. The number of nitro groups is 1. The topological polar surface area (TPSA) is 122 Å². The summed E-state index contributed by atoms with van der Waals surface area (Å²) in [6.45, 7) is 4.14. The molecule has 10 nitrogen and oxygen atoms in total. The molecule has 0 atom stereocenters. The first-order valence-electron chi connectivity index (χ1n) is 12.2. The number of anilines is 1. The summed E-state index contributed by atoms with van der Waals surface area (Å²) in [5.74, 6) is -0.448. The molecule has 1 fully saturated rings. The Bertz CT molecular complexity index is 1760. The minimum absolute atomic E-state index is 0. The molecule has 1 aliphatic heterocycles. The zero-order valence-electron chi connectivity index (χ0n) is 20.7. The molecule has 0 bridgehead atoms. The number of nitrogens with zero attached hydrogens (tertiary/aromatic N) is 4. The van der Waals surface area contributed by atoms with E-state index >= 15 is 0 Å². The van der Waals surface area contributed by atoms with Crippen LogP contribution in [0, 0.1) is 10.1 Å². The Kier molecular flexibility index (Phi) is 7.47. The van der Waals surface area contributed by atoms with Crippen molar-refractivity contribution in [3.05, 3.63) is 86.8 Å². The first-order chi connectivity index (χ1) is 18.5. The Morgan fingerprint density at radius 1 is 1.05 bits per heavy atom. The molecule has 0 radical (unpaired) electrons. The fourth-order valence-electron chi connectivity index (χ4n) is 4.77. The number of non-ortho nitro benzene ring substituents is 1. The van der Waals surface area contributed by atoms with Gasteiger partial charge in [0.2, 0.25) is 0 Å². The van der Waals surface area contributed by atoms with Crippen LogP contribution in [0.2, 0.25) is 0 Å². The van der Waals surface area contributed by atoms with Crippen LogP contribution in [0.5, 0.6) is 0 Å². The third kappa shape index (κ3) is 5.29. The van der Waals surface area contributed by atoms with Crippen LogP contribution in [0.15, 0.2) is 69.9 Å². The van der Waals surface area contributed by atoms with Crippen LogP contribution in [0.3, 0.4) is 0 Å². The quantitative estimate of drug-likeness (QED) is 0.139. The number of amides is 1. The molecule has 0 aliphatic carbocycles. The van der Waals surface area contributed by atoms with E-state index in [0.29, 0.717) is 18.7 Å². The molecule has 3 aromatic carbocycles. The van der Waals surface area contributed by atoms with Crippen LogP contribution in [-0.4, -0.2) is 60.0 Å². The van der Waals surface area contributed by atoms with Crippen molar-refractivity contribution in [2.24, 2.45) is 0 Å². The van der Waals surface area contributed by atoms with Crippen LogP contribution in [0.25, 0.3) is 32.0 Å². The predicted molar refractivity (Wildman–Crippen MR) is 154 cm³/mol. The molecule has 1 saturated heterocycles. The molecule has 200 valence electrons. The third-order valence-corrected chi connectivity index (χ3v) is 7.89. The van der Waals surface area contributed by atoms with Crippen molar-refractivity contribution in [1.29, 1.82) is 0 Å². The number of halogens is 1. The van der Waals surface area contributed by atoms with E-state index in [1.54, 1.807) is 24.3 Å². The van der Waals surface area contributed by atoms with Crippen molar-refractivity contribution in [2.75, 3.05) is 44.2 Å². The lowest BCUT2D eigenvalue weighted by Gasteiger charge is -2.34. The fourth-order valence-corrected chi connectivity index (χ4v) is 5.82. The van der Waals surface area contributed by atoms with Gasteiger partial charge in [0.1, 0.15) is 11.1 Å². The number of hydrogen-bond donors (Lipinski definition) is 1. The lowest BCUT2D eigenvalue weighted by atomic mass is 10.0.